The van der Waals surface area contributed by atoms with Crippen molar-refractivity contribution < 1.29 is 12.9 Å². The van der Waals surface area contributed by atoms with Crippen LogP contribution >= 0.6 is 0 Å². The lowest BCUT2D eigenvalue weighted by molar-refractivity contribution is 0.181. The van der Waals surface area contributed by atoms with Crippen molar-refractivity contribution in [3.63, 3.8) is 0 Å². The fraction of sp³-hybridized carbons (Fsp3) is 0.318. The predicted molar refractivity (Wildman–Crippen MR) is 112 cm³/mol. The molecule has 3 aromatic rings. The SMILES string of the molecule is Cc1cc(-c2ccc(C)c(S(=O)(=O)N3CCN(Cc4ccccc4)CC3)c2)on1. The first-order chi connectivity index (χ1) is 13.9. The minimum Gasteiger partial charge on any atom is -0.356 e. The van der Waals surface area contributed by atoms with Crippen LogP contribution < -0.4 is 0 Å². The molecule has 1 aromatic heterocycles. The van der Waals surface area contributed by atoms with Gasteiger partial charge in [-0.25, -0.2) is 8.42 Å². The van der Waals surface area contributed by atoms with Gasteiger partial charge < -0.3 is 4.52 Å². The van der Waals surface area contributed by atoms with Gasteiger partial charge in [0.2, 0.25) is 10.0 Å². The van der Waals surface area contributed by atoms with Crippen molar-refractivity contribution in [2.75, 3.05) is 26.2 Å². The summed E-state index contributed by atoms with van der Waals surface area (Å²) < 4.78 is 33.5. The van der Waals surface area contributed by atoms with Crippen LogP contribution in [0.25, 0.3) is 11.3 Å². The zero-order valence-corrected chi connectivity index (χ0v) is 17.5. The molecular weight excluding hydrogens is 386 g/mol. The van der Waals surface area contributed by atoms with Crippen LogP contribution in [0.4, 0.5) is 0 Å². The molecular formula is C22H25N3O3S. The molecule has 1 saturated heterocycles. The summed E-state index contributed by atoms with van der Waals surface area (Å²) in [5.74, 6) is 0.576. The van der Waals surface area contributed by atoms with E-state index in [1.54, 1.807) is 10.4 Å². The number of hydrogen-bond donors (Lipinski definition) is 0. The summed E-state index contributed by atoms with van der Waals surface area (Å²) in [6.07, 6.45) is 0. The number of aryl methyl sites for hydroxylation is 2. The highest BCUT2D eigenvalue weighted by molar-refractivity contribution is 7.89. The number of hydrogen-bond acceptors (Lipinski definition) is 5. The minimum atomic E-state index is -3.57. The van der Waals surface area contributed by atoms with Crippen LogP contribution in [0.2, 0.25) is 0 Å². The molecule has 0 atom stereocenters. The molecule has 0 N–H and O–H groups in total. The van der Waals surface area contributed by atoms with Gasteiger partial charge in [0.05, 0.1) is 10.6 Å². The Morgan fingerprint density at radius 3 is 2.34 bits per heavy atom. The van der Waals surface area contributed by atoms with Crippen LogP contribution in [0.1, 0.15) is 16.8 Å². The topological polar surface area (TPSA) is 66.7 Å². The van der Waals surface area contributed by atoms with Crippen molar-refractivity contribution in [3.05, 3.63) is 71.4 Å². The molecule has 7 heteroatoms. The molecule has 0 aliphatic carbocycles. The number of benzene rings is 2. The third-order valence-electron chi connectivity index (χ3n) is 5.30. The average molecular weight is 412 g/mol. The molecule has 1 aliphatic rings. The lowest BCUT2D eigenvalue weighted by Crippen LogP contribution is -2.48. The van der Waals surface area contributed by atoms with Crippen LogP contribution in [-0.4, -0.2) is 49.0 Å². The van der Waals surface area contributed by atoms with Crippen LogP contribution in [-0.2, 0) is 16.6 Å². The Bertz CT molecular complexity index is 1090. The van der Waals surface area contributed by atoms with E-state index in [0.29, 0.717) is 36.8 Å². The fourth-order valence-corrected chi connectivity index (χ4v) is 5.31. The Kier molecular flexibility index (Phi) is 5.54. The van der Waals surface area contributed by atoms with Gasteiger partial charge in [-0.05, 0) is 31.0 Å². The summed E-state index contributed by atoms with van der Waals surface area (Å²) in [5.41, 5.74) is 3.46. The average Bonchev–Trinajstić information content (AvgIpc) is 3.16. The number of sulfonamides is 1. The molecule has 1 fully saturated rings. The second kappa shape index (κ2) is 8.10. The van der Waals surface area contributed by atoms with Crippen molar-refractivity contribution >= 4 is 10.0 Å². The van der Waals surface area contributed by atoms with Gasteiger partial charge in [0.15, 0.2) is 5.76 Å². The zero-order valence-electron chi connectivity index (χ0n) is 16.7. The quantitative estimate of drug-likeness (QED) is 0.643. The highest BCUT2D eigenvalue weighted by atomic mass is 32.2. The van der Waals surface area contributed by atoms with Gasteiger partial charge in [0.25, 0.3) is 0 Å². The van der Waals surface area contributed by atoms with Crippen LogP contribution in [0, 0.1) is 13.8 Å². The van der Waals surface area contributed by atoms with E-state index in [0.717, 1.165) is 23.4 Å². The third kappa shape index (κ3) is 4.27. The maximum absolute atomic E-state index is 13.3. The van der Waals surface area contributed by atoms with Gasteiger partial charge in [-0.3, -0.25) is 4.90 Å². The van der Waals surface area contributed by atoms with E-state index in [4.69, 9.17) is 4.52 Å². The summed E-state index contributed by atoms with van der Waals surface area (Å²) >= 11 is 0. The summed E-state index contributed by atoms with van der Waals surface area (Å²) in [6.45, 7) is 6.92. The van der Waals surface area contributed by atoms with Gasteiger partial charge in [-0.2, -0.15) is 4.31 Å². The fourth-order valence-electron chi connectivity index (χ4n) is 3.64. The normalized spacial score (nSPS) is 16.2. The first kappa shape index (κ1) is 19.8. The lowest BCUT2D eigenvalue weighted by atomic mass is 10.1. The molecule has 0 unspecified atom stereocenters. The monoisotopic (exact) mass is 411 g/mol. The van der Waals surface area contributed by atoms with Gasteiger partial charge in [0.1, 0.15) is 0 Å². The largest absolute Gasteiger partial charge is 0.356 e. The molecule has 152 valence electrons. The molecule has 2 aromatic carbocycles. The maximum atomic E-state index is 13.3. The molecule has 0 bridgehead atoms. The molecule has 29 heavy (non-hydrogen) atoms. The highest BCUT2D eigenvalue weighted by Gasteiger charge is 2.30. The van der Waals surface area contributed by atoms with Gasteiger partial charge in [0, 0.05) is 44.4 Å². The first-order valence-electron chi connectivity index (χ1n) is 9.74. The van der Waals surface area contributed by atoms with Crippen molar-refractivity contribution in [2.24, 2.45) is 0 Å². The summed E-state index contributed by atoms with van der Waals surface area (Å²) in [5, 5.41) is 3.90. The number of rotatable bonds is 5. The second-order valence-electron chi connectivity index (χ2n) is 7.48. The van der Waals surface area contributed by atoms with E-state index in [-0.39, 0.29) is 0 Å². The van der Waals surface area contributed by atoms with Gasteiger partial charge in [-0.15, -0.1) is 0 Å². The number of piperazine rings is 1. The Labute approximate surface area is 171 Å². The van der Waals surface area contributed by atoms with Gasteiger partial charge >= 0.3 is 0 Å². The van der Waals surface area contributed by atoms with E-state index in [2.05, 4.69) is 22.2 Å². The van der Waals surface area contributed by atoms with Gasteiger partial charge in [-0.1, -0.05) is 47.6 Å². The van der Waals surface area contributed by atoms with Crippen LogP contribution in [0.15, 0.2) is 64.0 Å². The van der Waals surface area contributed by atoms with E-state index >= 15 is 0 Å². The second-order valence-corrected chi connectivity index (χ2v) is 9.39. The maximum Gasteiger partial charge on any atom is 0.243 e. The standard InChI is InChI=1S/C22H25N3O3S/c1-17-8-9-20(21-14-18(2)23-28-21)15-22(17)29(26,27)25-12-10-24(11-13-25)16-19-6-4-3-5-7-19/h3-9,14-15H,10-13,16H2,1-2H3. The summed E-state index contributed by atoms with van der Waals surface area (Å²) in [6, 6.07) is 17.5. The summed E-state index contributed by atoms with van der Waals surface area (Å²) in [7, 11) is -3.57. The van der Waals surface area contributed by atoms with E-state index in [9.17, 15) is 8.42 Å². The number of aromatic nitrogens is 1. The molecule has 0 amide bonds. The molecule has 0 saturated carbocycles. The molecule has 0 radical (unpaired) electrons. The Balaban J connectivity index is 1.50. The Morgan fingerprint density at radius 2 is 1.69 bits per heavy atom. The van der Waals surface area contributed by atoms with Crippen molar-refractivity contribution in [1.29, 1.82) is 0 Å². The Hall–Kier alpha value is -2.48. The van der Waals surface area contributed by atoms with E-state index in [1.165, 1.54) is 5.56 Å². The Morgan fingerprint density at radius 1 is 0.966 bits per heavy atom. The first-order valence-corrected chi connectivity index (χ1v) is 11.2. The number of nitrogens with zero attached hydrogens (tertiary/aromatic N) is 3. The highest BCUT2D eigenvalue weighted by Crippen LogP contribution is 2.28. The molecule has 2 heterocycles. The smallest absolute Gasteiger partial charge is 0.243 e. The third-order valence-corrected chi connectivity index (χ3v) is 7.34. The summed E-state index contributed by atoms with van der Waals surface area (Å²) in [4.78, 5) is 2.63. The predicted octanol–water partition coefficient (Wildman–Crippen LogP) is 3.46. The molecule has 0 spiro atoms. The van der Waals surface area contributed by atoms with Crippen molar-refractivity contribution in [1.82, 2.24) is 14.4 Å². The van der Waals surface area contributed by atoms with Crippen LogP contribution in [0.3, 0.4) is 0 Å². The van der Waals surface area contributed by atoms with Crippen molar-refractivity contribution in [3.8, 4) is 11.3 Å². The molecule has 1 aliphatic heterocycles. The van der Waals surface area contributed by atoms with Crippen molar-refractivity contribution in [2.45, 2.75) is 25.3 Å². The molecule has 4 rings (SSSR count). The lowest BCUT2D eigenvalue weighted by Gasteiger charge is -2.34. The minimum absolute atomic E-state index is 0.334. The van der Waals surface area contributed by atoms with E-state index in [1.807, 2.05) is 50.2 Å². The molecule has 6 nitrogen and oxygen atoms in total. The van der Waals surface area contributed by atoms with E-state index < -0.39 is 10.0 Å². The van der Waals surface area contributed by atoms with Crippen LogP contribution in [0.5, 0.6) is 0 Å². The zero-order chi connectivity index (χ0) is 20.4.